The topological polar surface area (TPSA) is 43.1 Å². The number of unbranched alkanes of at least 4 members (excludes halogenated alkanes) is 1. The highest BCUT2D eigenvalue weighted by molar-refractivity contribution is 5.72. The van der Waals surface area contributed by atoms with Crippen molar-refractivity contribution in [3.8, 4) is 0 Å². The number of carbonyl (C=O) groups excluding carboxylic acids is 1. The van der Waals surface area contributed by atoms with Crippen molar-refractivity contribution >= 4 is 6.29 Å². The van der Waals surface area contributed by atoms with Gasteiger partial charge in [0.05, 0.1) is 0 Å². The molecule has 0 fully saturated rings. The van der Waals surface area contributed by atoms with Crippen molar-refractivity contribution < 1.29 is 4.79 Å². The standard InChI is InChI=1S/C7H13NO/c1-2-3-4-7(5-8)6-9/h5-6H,2-4,8H2,1H3/b7-5+. The van der Waals surface area contributed by atoms with Gasteiger partial charge in [-0.3, -0.25) is 4.79 Å². The summed E-state index contributed by atoms with van der Waals surface area (Å²) in [5, 5.41) is 0. The summed E-state index contributed by atoms with van der Waals surface area (Å²) in [4.78, 5) is 10.1. The molecular weight excluding hydrogens is 114 g/mol. The van der Waals surface area contributed by atoms with Gasteiger partial charge in [0, 0.05) is 11.8 Å². The van der Waals surface area contributed by atoms with Crippen LogP contribution in [0.3, 0.4) is 0 Å². The first-order chi connectivity index (χ1) is 4.35. The summed E-state index contributed by atoms with van der Waals surface area (Å²) in [7, 11) is 0. The molecule has 0 unspecified atom stereocenters. The molecule has 0 aliphatic heterocycles. The summed E-state index contributed by atoms with van der Waals surface area (Å²) in [6.45, 7) is 2.08. The predicted octanol–water partition coefficient (Wildman–Crippen LogP) is 1.22. The number of nitrogens with two attached hydrogens (primary N) is 1. The van der Waals surface area contributed by atoms with Crippen LogP contribution in [-0.2, 0) is 4.79 Å². The molecule has 0 aliphatic carbocycles. The Balaban J connectivity index is 3.45. The van der Waals surface area contributed by atoms with Gasteiger partial charge in [-0.2, -0.15) is 0 Å². The molecule has 0 radical (unpaired) electrons. The van der Waals surface area contributed by atoms with E-state index in [4.69, 9.17) is 5.73 Å². The van der Waals surface area contributed by atoms with Gasteiger partial charge in [-0.15, -0.1) is 0 Å². The lowest BCUT2D eigenvalue weighted by molar-refractivity contribution is -0.105. The molecule has 2 N–H and O–H groups in total. The van der Waals surface area contributed by atoms with Crippen molar-refractivity contribution in [3.63, 3.8) is 0 Å². The fraction of sp³-hybridized carbons (Fsp3) is 0.571. The molecule has 52 valence electrons. The molecular formula is C7H13NO. The Labute approximate surface area is 55.7 Å². The van der Waals surface area contributed by atoms with E-state index in [9.17, 15) is 4.79 Å². The Morgan fingerprint density at radius 2 is 2.33 bits per heavy atom. The highest BCUT2D eigenvalue weighted by atomic mass is 16.1. The van der Waals surface area contributed by atoms with Crippen LogP contribution in [0.25, 0.3) is 0 Å². The van der Waals surface area contributed by atoms with Gasteiger partial charge in [0.25, 0.3) is 0 Å². The minimum absolute atomic E-state index is 0.705. The van der Waals surface area contributed by atoms with Crippen molar-refractivity contribution in [1.29, 1.82) is 0 Å². The zero-order chi connectivity index (χ0) is 7.11. The average Bonchev–Trinajstić information content (AvgIpc) is 1.91. The van der Waals surface area contributed by atoms with Crippen LogP contribution in [0, 0.1) is 0 Å². The largest absolute Gasteiger partial charge is 0.404 e. The molecule has 0 atom stereocenters. The fourth-order valence-electron chi connectivity index (χ4n) is 0.562. The molecule has 0 saturated carbocycles. The van der Waals surface area contributed by atoms with Crippen molar-refractivity contribution in [2.45, 2.75) is 26.2 Å². The maximum atomic E-state index is 10.1. The van der Waals surface area contributed by atoms with Gasteiger partial charge < -0.3 is 5.73 Å². The molecule has 9 heavy (non-hydrogen) atoms. The number of rotatable bonds is 4. The number of allylic oxidation sites excluding steroid dienone is 1. The van der Waals surface area contributed by atoms with E-state index >= 15 is 0 Å². The smallest absolute Gasteiger partial charge is 0.147 e. The van der Waals surface area contributed by atoms with Gasteiger partial charge in [0.2, 0.25) is 0 Å². The summed E-state index contributed by atoms with van der Waals surface area (Å²) >= 11 is 0. The predicted molar refractivity (Wildman–Crippen MR) is 37.9 cm³/mol. The SMILES string of the molecule is CCCC/C(C=O)=C\N. The van der Waals surface area contributed by atoms with Crippen LogP contribution in [0.1, 0.15) is 26.2 Å². The second-order valence-corrected chi connectivity index (χ2v) is 1.96. The monoisotopic (exact) mass is 127 g/mol. The van der Waals surface area contributed by atoms with Crippen molar-refractivity contribution in [1.82, 2.24) is 0 Å². The van der Waals surface area contributed by atoms with Gasteiger partial charge in [0.1, 0.15) is 6.29 Å². The van der Waals surface area contributed by atoms with Crippen LogP contribution in [0.15, 0.2) is 11.8 Å². The molecule has 0 aliphatic rings. The van der Waals surface area contributed by atoms with Crippen LogP contribution in [0.4, 0.5) is 0 Å². The summed E-state index contributed by atoms with van der Waals surface area (Å²) in [6.07, 6.45) is 5.15. The van der Waals surface area contributed by atoms with Gasteiger partial charge >= 0.3 is 0 Å². The normalized spacial score (nSPS) is 11.4. The third-order valence-electron chi connectivity index (χ3n) is 1.18. The molecule has 0 bridgehead atoms. The minimum atomic E-state index is 0.705. The maximum Gasteiger partial charge on any atom is 0.147 e. The van der Waals surface area contributed by atoms with E-state index in [-0.39, 0.29) is 0 Å². The molecule has 0 aromatic heterocycles. The van der Waals surface area contributed by atoms with Crippen molar-refractivity contribution in [3.05, 3.63) is 11.8 Å². The summed E-state index contributed by atoms with van der Waals surface area (Å²) in [5.41, 5.74) is 5.84. The lowest BCUT2D eigenvalue weighted by Gasteiger charge is -1.93. The van der Waals surface area contributed by atoms with Gasteiger partial charge in [-0.05, 0) is 12.8 Å². The first kappa shape index (κ1) is 8.21. The van der Waals surface area contributed by atoms with Crippen molar-refractivity contribution in [2.75, 3.05) is 0 Å². The van der Waals surface area contributed by atoms with Crippen molar-refractivity contribution in [2.24, 2.45) is 5.73 Å². The lowest BCUT2D eigenvalue weighted by Crippen LogP contribution is -1.90. The average molecular weight is 127 g/mol. The Morgan fingerprint density at radius 3 is 2.67 bits per heavy atom. The van der Waals surface area contributed by atoms with E-state index in [2.05, 4.69) is 6.92 Å². The van der Waals surface area contributed by atoms with E-state index in [0.717, 1.165) is 25.5 Å². The Kier molecular flexibility index (Phi) is 4.88. The molecule has 0 spiro atoms. The van der Waals surface area contributed by atoms with Crippen LogP contribution >= 0.6 is 0 Å². The quantitative estimate of drug-likeness (QED) is 0.455. The zero-order valence-electron chi connectivity index (χ0n) is 5.76. The Bertz CT molecular complexity index is 107. The number of hydrogen-bond donors (Lipinski definition) is 1. The lowest BCUT2D eigenvalue weighted by atomic mass is 10.1. The highest BCUT2D eigenvalue weighted by Gasteiger charge is 1.90. The van der Waals surface area contributed by atoms with Gasteiger partial charge in [-0.1, -0.05) is 13.3 Å². The van der Waals surface area contributed by atoms with E-state index in [1.165, 1.54) is 6.20 Å². The van der Waals surface area contributed by atoms with Gasteiger partial charge in [0.15, 0.2) is 0 Å². The van der Waals surface area contributed by atoms with Crippen LogP contribution < -0.4 is 5.73 Å². The highest BCUT2D eigenvalue weighted by Crippen LogP contribution is 2.01. The number of carbonyl (C=O) groups is 1. The minimum Gasteiger partial charge on any atom is -0.404 e. The molecule has 0 aromatic carbocycles. The second kappa shape index (κ2) is 5.35. The number of aldehydes is 1. The summed E-state index contributed by atoms with van der Waals surface area (Å²) in [6, 6.07) is 0. The fourth-order valence-corrected chi connectivity index (χ4v) is 0.562. The van der Waals surface area contributed by atoms with E-state index in [0.29, 0.717) is 5.57 Å². The zero-order valence-corrected chi connectivity index (χ0v) is 5.76. The summed E-state index contributed by atoms with van der Waals surface area (Å²) < 4.78 is 0. The van der Waals surface area contributed by atoms with Gasteiger partial charge in [-0.25, -0.2) is 0 Å². The molecule has 2 nitrogen and oxygen atoms in total. The van der Waals surface area contributed by atoms with Crippen LogP contribution in [0.2, 0.25) is 0 Å². The molecule has 2 heteroatoms. The molecule has 0 aromatic rings. The first-order valence-electron chi connectivity index (χ1n) is 3.21. The number of hydrogen-bond acceptors (Lipinski definition) is 2. The third-order valence-corrected chi connectivity index (χ3v) is 1.18. The van der Waals surface area contributed by atoms with Crippen LogP contribution in [-0.4, -0.2) is 6.29 Å². The van der Waals surface area contributed by atoms with Crippen LogP contribution in [0.5, 0.6) is 0 Å². The van der Waals surface area contributed by atoms with E-state index in [1.54, 1.807) is 0 Å². The molecule has 0 rings (SSSR count). The maximum absolute atomic E-state index is 10.1. The van der Waals surface area contributed by atoms with E-state index in [1.807, 2.05) is 0 Å². The third kappa shape index (κ3) is 3.76. The van der Waals surface area contributed by atoms with E-state index < -0.39 is 0 Å². The summed E-state index contributed by atoms with van der Waals surface area (Å²) in [5.74, 6) is 0. The Hall–Kier alpha value is -0.790. The second-order valence-electron chi connectivity index (χ2n) is 1.96. The first-order valence-corrected chi connectivity index (χ1v) is 3.21. The Morgan fingerprint density at radius 1 is 1.67 bits per heavy atom. The molecule has 0 amide bonds. The molecule has 0 heterocycles. The molecule has 0 saturated heterocycles.